The van der Waals surface area contributed by atoms with Gasteiger partial charge < -0.3 is 18.9 Å². The minimum absolute atomic E-state index is 0.194. The van der Waals surface area contributed by atoms with Gasteiger partial charge in [0.1, 0.15) is 12.1 Å². The first-order valence-corrected chi connectivity index (χ1v) is 17.8. The molecule has 0 fully saturated rings. The van der Waals surface area contributed by atoms with Gasteiger partial charge in [0.2, 0.25) is 11.2 Å². The lowest BCUT2D eigenvalue weighted by Gasteiger charge is -2.35. The smallest absolute Gasteiger partial charge is 0.235 e. The van der Waals surface area contributed by atoms with Crippen LogP contribution in [-0.4, -0.2) is 53.8 Å². The second-order valence-electron chi connectivity index (χ2n) is 12.4. The monoisotopic (exact) mass is 643 g/mol. The van der Waals surface area contributed by atoms with Gasteiger partial charge in [0.05, 0.1) is 25.5 Å². The lowest BCUT2D eigenvalue weighted by atomic mass is 10.1. The summed E-state index contributed by atoms with van der Waals surface area (Å²) in [6.45, 7) is 11.0. The highest BCUT2D eigenvalue weighted by molar-refractivity contribution is 7.94. The molecule has 1 atom stereocenters. The van der Waals surface area contributed by atoms with E-state index in [9.17, 15) is 9.90 Å². The molecular formula is C36H55N2O6S+. The van der Waals surface area contributed by atoms with E-state index in [0.717, 1.165) is 73.3 Å². The minimum atomic E-state index is -0.414. The van der Waals surface area contributed by atoms with Crippen LogP contribution in [0.2, 0.25) is 0 Å². The van der Waals surface area contributed by atoms with Crippen LogP contribution in [0.5, 0.6) is 5.75 Å². The molecule has 0 amide bonds. The number of benzene rings is 2. The van der Waals surface area contributed by atoms with E-state index in [1.165, 1.54) is 57.8 Å². The Bertz CT molecular complexity index is 1330. The third-order valence-electron chi connectivity index (χ3n) is 8.81. The zero-order valence-electron chi connectivity index (χ0n) is 27.9. The number of rotatable bonds is 23. The largest absolute Gasteiger partial charge is 0.502 e. The van der Waals surface area contributed by atoms with E-state index in [1.807, 2.05) is 42.5 Å². The van der Waals surface area contributed by atoms with Crippen molar-refractivity contribution in [1.29, 1.82) is 0 Å². The first-order chi connectivity index (χ1) is 21.9. The zero-order valence-corrected chi connectivity index (χ0v) is 28.7. The summed E-state index contributed by atoms with van der Waals surface area (Å²) in [7, 11) is 2.26. The maximum Gasteiger partial charge on any atom is 0.235 e. The summed E-state index contributed by atoms with van der Waals surface area (Å²) in [4.78, 5) is 15.6. The molecule has 0 aliphatic rings. The van der Waals surface area contributed by atoms with E-state index in [-0.39, 0.29) is 11.5 Å². The number of aromatic hydroxyl groups is 1. The Balaban J connectivity index is 1.70. The topological polar surface area (TPSA) is 92.4 Å². The first kappa shape index (κ1) is 36.9. The van der Waals surface area contributed by atoms with Gasteiger partial charge in [-0.25, -0.2) is 5.26 Å². The van der Waals surface area contributed by atoms with E-state index in [4.69, 9.17) is 9.67 Å². The molecule has 3 rings (SSSR count). The van der Waals surface area contributed by atoms with Crippen LogP contribution in [0.1, 0.15) is 97.0 Å². The summed E-state index contributed by atoms with van der Waals surface area (Å²) in [5.41, 5.74) is 2.83. The normalized spacial score (nSPS) is 12.9. The number of hydrogen-bond donors (Lipinski definition) is 2. The molecule has 1 heterocycles. The summed E-state index contributed by atoms with van der Waals surface area (Å²) in [5, 5.41) is 23.5. The maximum atomic E-state index is 13.4. The Hall–Kier alpha value is -2.56. The average molecular weight is 644 g/mol. The summed E-state index contributed by atoms with van der Waals surface area (Å²) >= 11 is 1.09. The van der Waals surface area contributed by atoms with Crippen molar-refractivity contribution in [2.75, 3.05) is 43.9 Å². The van der Waals surface area contributed by atoms with Crippen molar-refractivity contribution < 1.29 is 28.6 Å². The Morgan fingerprint density at radius 2 is 1.47 bits per heavy atom. The van der Waals surface area contributed by atoms with Crippen LogP contribution in [0.25, 0.3) is 22.3 Å². The van der Waals surface area contributed by atoms with Gasteiger partial charge in [-0.3, -0.25) is 4.79 Å². The van der Waals surface area contributed by atoms with Crippen LogP contribution in [0.3, 0.4) is 0 Å². The summed E-state index contributed by atoms with van der Waals surface area (Å²) < 4.78 is 11.5. The molecule has 9 heteroatoms. The van der Waals surface area contributed by atoms with Crippen molar-refractivity contribution in [3.63, 3.8) is 0 Å². The minimum Gasteiger partial charge on any atom is -0.502 e. The Morgan fingerprint density at radius 1 is 0.844 bits per heavy atom. The number of nitrogens with zero attached hydrogens (tertiary/aromatic N) is 2. The van der Waals surface area contributed by atoms with Gasteiger partial charge in [-0.05, 0) is 69.2 Å². The molecule has 2 N–H and O–H groups in total. The van der Waals surface area contributed by atoms with Crippen molar-refractivity contribution in [3.05, 3.63) is 58.3 Å². The standard InChI is InChI=1S/C36H54N2O6S/c1-5-8-9-10-11-12-13-14-15-16-24-38(4,25-17-26-45-44-43-41)28-29-18-23-33-32(27-29)34(39)35(40)36(42-33)30-19-21-31(22-20-30)37(6-2)7-3/h18-23,27H,5-17,24-26,28H2,1-4H3,(H-,40,41)/p+1. The summed E-state index contributed by atoms with van der Waals surface area (Å²) in [6.07, 6.45) is 13.9. The Labute approximate surface area is 274 Å². The third kappa shape index (κ3) is 11.6. The predicted molar refractivity (Wildman–Crippen MR) is 186 cm³/mol. The number of anilines is 1. The van der Waals surface area contributed by atoms with Crippen LogP contribution in [0, 0.1) is 0 Å². The summed E-state index contributed by atoms with van der Waals surface area (Å²) in [6, 6.07) is 13.5. The van der Waals surface area contributed by atoms with Crippen molar-refractivity contribution in [2.45, 2.75) is 97.9 Å². The molecular weight excluding hydrogens is 588 g/mol. The molecule has 250 valence electrons. The van der Waals surface area contributed by atoms with E-state index in [2.05, 4.69) is 42.1 Å². The number of hydrogen-bond acceptors (Lipinski definition) is 8. The molecule has 2 aromatic carbocycles. The lowest BCUT2D eigenvalue weighted by molar-refractivity contribution is -0.922. The van der Waals surface area contributed by atoms with Crippen LogP contribution >= 0.6 is 12.0 Å². The van der Waals surface area contributed by atoms with Crippen LogP contribution in [0.4, 0.5) is 5.69 Å². The van der Waals surface area contributed by atoms with Crippen molar-refractivity contribution >= 4 is 28.7 Å². The SMILES string of the molecule is CCCCCCCCCCCC[N+](C)(CCCSOOO)Cc1ccc2oc(-c3ccc(N(CC)CC)cc3)c(O)c(=O)c2c1. The molecule has 0 saturated carbocycles. The number of fused-ring (bicyclic) bond motifs is 1. The molecule has 0 radical (unpaired) electrons. The summed E-state index contributed by atoms with van der Waals surface area (Å²) in [5.74, 6) is 0.529. The second kappa shape index (κ2) is 19.8. The highest BCUT2D eigenvalue weighted by atomic mass is 32.2. The maximum absolute atomic E-state index is 13.4. The fourth-order valence-corrected chi connectivity index (χ4v) is 6.55. The first-order valence-electron chi connectivity index (χ1n) is 16.9. The van der Waals surface area contributed by atoms with Gasteiger partial charge in [0, 0.05) is 54.1 Å². The Morgan fingerprint density at radius 3 is 2.09 bits per heavy atom. The molecule has 3 aromatic rings. The van der Waals surface area contributed by atoms with Gasteiger partial charge in [-0.1, -0.05) is 63.3 Å². The van der Waals surface area contributed by atoms with Gasteiger partial charge in [-0.15, -0.1) is 4.33 Å². The number of unbranched alkanes of at least 4 members (excludes halogenated alkanes) is 9. The van der Waals surface area contributed by atoms with Crippen LogP contribution in [-0.2, 0) is 15.9 Å². The van der Waals surface area contributed by atoms with Crippen molar-refractivity contribution in [3.8, 4) is 17.1 Å². The predicted octanol–water partition coefficient (Wildman–Crippen LogP) is 9.34. The second-order valence-corrected chi connectivity index (χ2v) is 13.2. The average Bonchev–Trinajstić information content (AvgIpc) is 3.05. The zero-order chi connectivity index (χ0) is 32.5. The molecule has 8 nitrogen and oxygen atoms in total. The molecule has 0 saturated heterocycles. The molecule has 45 heavy (non-hydrogen) atoms. The van der Waals surface area contributed by atoms with E-state index in [1.54, 1.807) is 0 Å². The molecule has 1 aromatic heterocycles. The van der Waals surface area contributed by atoms with Crippen LogP contribution in [0.15, 0.2) is 51.7 Å². The lowest BCUT2D eigenvalue weighted by Crippen LogP contribution is -2.45. The van der Waals surface area contributed by atoms with Crippen molar-refractivity contribution in [2.24, 2.45) is 0 Å². The van der Waals surface area contributed by atoms with Crippen molar-refractivity contribution in [1.82, 2.24) is 0 Å². The fourth-order valence-electron chi connectivity index (χ4n) is 6.19. The highest BCUT2D eigenvalue weighted by Gasteiger charge is 2.23. The third-order valence-corrected chi connectivity index (χ3v) is 9.42. The van der Waals surface area contributed by atoms with Gasteiger partial charge >= 0.3 is 0 Å². The van der Waals surface area contributed by atoms with Gasteiger partial charge in [-0.2, -0.15) is 0 Å². The fraction of sp³-hybridized carbons (Fsp3) is 0.583. The molecule has 0 bridgehead atoms. The van der Waals surface area contributed by atoms with E-state index < -0.39 is 5.43 Å². The number of quaternary nitrogens is 1. The van der Waals surface area contributed by atoms with Gasteiger partial charge in [0.15, 0.2) is 5.76 Å². The van der Waals surface area contributed by atoms with E-state index >= 15 is 0 Å². The van der Waals surface area contributed by atoms with E-state index in [0.29, 0.717) is 22.3 Å². The molecule has 0 spiro atoms. The Kier molecular flexibility index (Phi) is 16.3. The molecule has 1 unspecified atom stereocenters. The quantitative estimate of drug-likeness (QED) is 0.0347. The molecule has 0 aliphatic carbocycles. The van der Waals surface area contributed by atoms with Gasteiger partial charge in [0.25, 0.3) is 0 Å². The molecule has 0 aliphatic heterocycles. The van der Waals surface area contributed by atoms with Crippen LogP contribution < -0.4 is 10.3 Å². The highest BCUT2D eigenvalue weighted by Crippen LogP contribution is 2.32.